The molecule has 4 heterocycles. The Kier molecular flexibility index (Phi) is 4.33. The lowest BCUT2D eigenvalue weighted by Gasteiger charge is -2.33. The Labute approximate surface area is 180 Å². The number of ether oxygens (including phenoxy) is 1. The molecule has 2 aromatic heterocycles. The van der Waals surface area contributed by atoms with Gasteiger partial charge in [0, 0.05) is 42.3 Å². The summed E-state index contributed by atoms with van der Waals surface area (Å²) in [5.41, 5.74) is 6.96. The van der Waals surface area contributed by atoms with Crippen molar-refractivity contribution >= 4 is 17.6 Å². The molecule has 1 amide bonds. The number of anilines is 2. The van der Waals surface area contributed by atoms with Gasteiger partial charge in [0.15, 0.2) is 5.82 Å². The van der Waals surface area contributed by atoms with E-state index in [1.165, 1.54) is 22.4 Å². The van der Waals surface area contributed by atoms with Gasteiger partial charge in [-0.1, -0.05) is 12.1 Å². The van der Waals surface area contributed by atoms with E-state index in [9.17, 15) is 4.79 Å². The second-order valence-corrected chi connectivity index (χ2v) is 8.24. The monoisotopic (exact) mass is 413 g/mol. The third kappa shape index (κ3) is 3.12. The van der Waals surface area contributed by atoms with Gasteiger partial charge in [0.25, 0.3) is 0 Å². The number of aromatic nitrogens is 3. The van der Waals surface area contributed by atoms with Crippen LogP contribution in [-0.2, 0) is 30.5 Å². The first-order chi connectivity index (χ1) is 15.3. The Morgan fingerprint density at radius 2 is 1.84 bits per heavy atom. The first kappa shape index (κ1) is 18.3. The summed E-state index contributed by atoms with van der Waals surface area (Å²) >= 11 is 0. The van der Waals surface area contributed by atoms with Crippen LogP contribution in [-0.4, -0.2) is 40.7 Å². The maximum Gasteiger partial charge on any atom is 0.414 e. The van der Waals surface area contributed by atoms with Gasteiger partial charge in [-0.3, -0.25) is 9.88 Å². The maximum atomic E-state index is 12.1. The minimum atomic E-state index is -0.244. The Balaban J connectivity index is 1.37. The molecule has 3 aliphatic rings. The highest BCUT2D eigenvalue weighted by atomic mass is 16.6. The zero-order valence-corrected chi connectivity index (χ0v) is 17.3. The van der Waals surface area contributed by atoms with Crippen molar-refractivity contribution in [3.05, 3.63) is 65.1 Å². The first-order valence-electron chi connectivity index (χ1n) is 10.9. The minimum absolute atomic E-state index is 0.244. The van der Waals surface area contributed by atoms with Crippen LogP contribution < -0.4 is 9.80 Å². The van der Waals surface area contributed by atoms with Gasteiger partial charge in [0.2, 0.25) is 0 Å². The highest BCUT2D eigenvalue weighted by Crippen LogP contribution is 2.36. The van der Waals surface area contributed by atoms with Gasteiger partial charge < -0.3 is 9.64 Å². The van der Waals surface area contributed by atoms with Gasteiger partial charge in [-0.2, -0.15) is 0 Å². The standard InChI is InChI=1S/C24H23N5O2/c30-24-29(13-14-31-24)21-6-1-3-17-15-28(12-9-18(17)21)23-19-4-2-5-20(19)26-22(27-23)16-7-10-25-11-8-16/h1,3,6-8,10-11H,2,4-5,9,12-15H2. The van der Waals surface area contributed by atoms with Crippen LogP contribution in [0.1, 0.15) is 28.8 Å². The molecule has 0 radical (unpaired) electrons. The lowest BCUT2D eigenvalue weighted by Crippen LogP contribution is -2.34. The van der Waals surface area contributed by atoms with Crippen LogP contribution in [0.25, 0.3) is 11.4 Å². The van der Waals surface area contributed by atoms with Crippen molar-refractivity contribution in [2.45, 2.75) is 32.2 Å². The summed E-state index contributed by atoms with van der Waals surface area (Å²) in [4.78, 5) is 30.3. The van der Waals surface area contributed by atoms with Gasteiger partial charge in [-0.15, -0.1) is 0 Å². The van der Waals surface area contributed by atoms with Gasteiger partial charge >= 0.3 is 6.09 Å². The number of carbonyl (C=O) groups is 1. The molecule has 0 N–H and O–H groups in total. The van der Waals surface area contributed by atoms with Gasteiger partial charge in [-0.25, -0.2) is 14.8 Å². The van der Waals surface area contributed by atoms with E-state index < -0.39 is 0 Å². The molecule has 0 unspecified atom stereocenters. The highest BCUT2D eigenvalue weighted by Gasteiger charge is 2.30. The Morgan fingerprint density at radius 1 is 0.935 bits per heavy atom. The Hall–Kier alpha value is -3.48. The summed E-state index contributed by atoms with van der Waals surface area (Å²) in [7, 11) is 0. The zero-order chi connectivity index (χ0) is 20.8. The van der Waals surface area contributed by atoms with Crippen LogP contribution in [0.5, 0.6) is 0 Å². The number of hydrogen-bond donors (Lipinski definition) is 0. The molecule has 1 saturated heterocycles. The quantitative estimate of drug-likeness (QED) is 0.654. The Bertz CT molecular complexity index is 1160. The lowest BCUT2D eigenvalue weighted by molar-refractivity contribution is 0.181. The second-order valence-electron chi connectivity index (χ2n) is 8.24. The number of amides is 1. The van der Waals surface area contributed by atoms with Crippen molar-refractivity contribution in [1.29, 1.82) is 0 Å². The minimum Gasteiger partial charge on any atom is -0.447 e. The summed E-state index contributed by atoms with van der Waals surface area (Å²) in [5.74, 6) is 1.84. The molecule has 31 heavy (non-hydrogen) atoms. The van der Waals surface area contributed by atoms with Crippen LogP contribution in [0.15, 0.2) is 42.7 Å². The molecule has 1 fully saturated rings. The molecule has 0 spiro atoms. The van der Waals surface area contributed by atoms with Crippen molar-refractivity contribution < 1.29 is 9.53 Å². The van der Waals surface area contributed by atoms with E-state index in [4.69, 9.17) is 14.7 Å². The molecule has 0 bridgehead atoms. The number of fused-ring (bicyclic) bond motifs is 2. The van der Waals surface area contributed by atoms with Crippen molar-refractivity contribution in [3.63, 3.8) is 0 Å². The smallest absolute Gasteiger partial charge is 0.414 e. The molecule has 2 aliphatic heterocycles. The SMILES string of the molecule is O=C1OCCN1c1cccc2c1CCN(c1nc(-c3ccncc3)nc3c1CCC3)C2. The van der Waals surface area contributed by atoms with Crippen LogP contribution in [0.4, 0.5) is 16.3 Å². The van der Waals surface area contributed by atoms with Crippen molar-refractivity contribution in [2.24, 2.45) is 0 Å². The molecule has 1 aliphatic carbocycles. The fraction of sp³-hybridized carbons (Fsp3) is 0.333. The van der Waals surface area contributed by atoms with E-state index in [2.05, 4.69) is 16.0 Å². The normalized spacial score (nSPS) is 17.5. The first-order valence-corrected chi connectivity index (χ1v) is 10.9. The van der Waals surface area contributed by atoms with Crippen LogP contribution >= 0.6 is 0 Å². The molecular weight excluding hydrogens is 390 g/mol. The van der Waals surface area contributed by atoms with Gasteiger partial charge in [-0.05, 0) is 55.0 Å². The number of benzene rings is 1. The third-order valence-corrected chi connectivity index (χ3v) is 6.44. The fourth-order valence-corrected chi connectivity index (χ4v) is 4.94. The van der Waals surface area contributed by atoms with Crippen molar-refractivity contribution in [3.8, 4) is 11.4 Å². The highest BCUT2D eigenvalue weighted by molar-refractivity contribution is 5.90. The number of nitrogens with zero attached hydrogens (tertiary/aromatic N) is 5. The fourth-order valence-electron chi connectivity index (χ4n) is 4.94. The predicted octanol–water partition coefficient (Wildman–Crippen LogP) is 3.55. The number of rotatable bonds is 3. The topological polar surface area (TPSA) is 71.5 Å². The molecule has 3 aromatic rings. The van der Waals surface area contributed by atoms with Crippen LogP contribution in [0.2, 0.25) is 0 Å². The summed E-state index contributed by atoms with van der Waals surface area (Å²) in [6, 6.07) is 10.2. The molecule has 6 rings (SSSR count). The van der Waals surface area contributed by atoms with E-state index in [1.807, 2.05) is 24.3 Å². The average Bonchev–Trinajstić information content (AvgIpc) is 3.47. The Morgan fingerprint density at radius 3 is 2.68 bits per heavy atom. The average molecular weight is 413 g/mol. The van der Waals surface area contributed by atoms with Gasteiger partial charge in [0.05, 0.1) is 12.2 Å². The largest absolute Gasteiger partial charge is 0.447 e. The molecule has 0 saturated carbocycles. The molecule has 1 aromatic carbocycles. The summed E-state index contributed by atoms with van der Waals surface area (Å²) in [6.07, 6.45) is 7.37. The zero-order valence-electron chi connectivity index (χ0n) is 17.3. The van der Waals surface area contributed by atoms with E-state index in [0.717, 1.165) is 61.7 Å². The summed E-state index contributed by atoms with van der Waals surface area (Å²) < 4.78 is 5.16. The molecule has 7 heteroatoms. The molecule has 0 atom stereocenters. The molecular formula is C24H23N5O2. The van der Waals surface area contributed by atoms with Crippen molar-refractivity contribution in [1.82, 2.24) is 15.0 Å². The number of aryl methyl sites for hydroxylation is 1. The van der Waals surface area contributed by atoms with E-state index in [0.29, 0.717) is 13.2 Å². The van der Waals surface area contributed by atoms with Crippen LogP contribution in [0.3, 0.4) is 0 Å². The van der Waals surface area contributed by atoms with Gasteiger partial charge in [0.1, 0.15) is 12.4 Å². The number of cyclic esters (lactones) is 1. The van der Waals surface area contributed by atoms with Crippen molar-refractivity contribution in [2.75, 3.05) is 29.5 Å². The number of hydrogen-bond acceptors (Lipinski definition) is 6. The second kappa shape index (κ2) is 7.34. The predicted molar refractivity (Wildman–Crippen MR) is 117 cm³/mol. The summed E-state index contributed by atoms with van der Waals surface area (Å²) in [5, 5.41) is 0. The van der Waals surface area contributed by atoms with E-state index >= 15 is 0 Å². The third-order valence-electron chi connectivity index (χ3n) is 6.44. The number of pyridine rings is 1. The summed E-state index contributed by atoms with van der Waals surface area (Å²) in [6.45, 7) is 2.73. The van der Waals surface area contributed by atoms with Crippen LogP contribution in [0, 0.1) is 0 Å². The van der Waals surface area contributed by atoms with E-state index in [-0.39, 0.29) is 6.09 Å². The molecule has 7 nitrogen and oxygen atoms in total. The maximum absolute atomic E-state index is 12.1. The lowest BCUT2D eigenvalue weighted by atomic mass is 9.96. The number of carbonyl (C=O) groups excluding carboxylic acids is 1. The van der Waals surface area contributed by atoms with E-state index in [1.54, 1.807) is 17.3 Å². The molecule has 156 valence electrons.